The molecule has 1 aromatic carbocycles. The van der Waals surface area contributed by atoms with Crippen molar-refractivity contribution in [3.63, 3.8) is 0 Å². The first kappa shape index (κ1) is 19.7. The summed E-state index contributed by atoms with van der Waals surface area (Å²) in [6.07, 6.45) is 5.25. The number of hydrogen-bond donors (Lipinski definition) is 3. The Kier molecular flexibility index (Phi) is 5.92. The monoisotopic (exact) mass is 419 g/mol. The number of anilines is 3. The number of nitrogens with zero attached hydrogens (tertiary/aromatic N) is 6. The number of rotatable bonds is 8. The van der Waals surface area contributed by atoms with Crippen LogP contribution in [0.15, 0.2) is 36.7 Å². The Morgan fingerprint density at radius 1 is 0.935 bits per heavy atom. The Labute approximate surface area is 182 Å². The maximum absolute atomic E-state index is 4.73. The van der Waals surface area contributed by atoms with Crippen molar-refractivity contribution < 1.29 is 0 Å². The van der Waals surface area contributed by atoms with Crippen LogP contribution in [-0.4, -0.2) is 62.5 Å². The van der Waals surface area contributed by atoms with Crippen molar-refractivity contribution in [2.75, 3.05) is 48.3 Å². The average molecular weight is 420 g/mol. The quantitative estimate of drug-likeness (QED) is 0.512. The molecule has 0 radical (unpaired) electrons. The molecule has 4 heterocycles. The van der Waals surface area contributed by atoms with E-state index in [2.05, 4.69) is 47.5 Å². The lowest BCUT2D eigenvalue weighted by Crippen LogP contribution is -2.32. The summed E-state index contributed by atoms with van der Waals surface area (Å²) in [4.78, 5) is 26.4. The van der Waals surface area contributed by atoms with Gasteiger partial charge in [0.1, 0.15) is 0 Å². The van der Waals surface area contributed by atoms with Crippen LogP contribution in [-0.2, 0) is 19.5 Å². The van der Waals surface area contributed by atoms with Gasteiger partial charge in [-0.05, 0) is 31.5 Å². The minimum atomic E-state index is 0.591. The molecule has 9 nitrogen and oxygen atoms in total. The van der Waals surface area contributed by atoms with E-state index in [-0.39, 0.29) is 0 Å². The summed E-state index contributed by atoms with van der Waals surface area (Å²) in [6, 6.07) is 10.3. The number of benzene rings is 1. The molecule has 5 rings (SSSR count). The maximum atomic E-state index is 4.73. The van der Waals surface area contributed by atoms with Gasteiger partial charge in [0.25, 0.3) is 0 Å². The van der Waals surface area contributed by atoms with Crippen LogP contribution in [0.5, 0.6) is 0 Å². The highest BCUT2D eigenvalue weighted by atomic mass is 15.3. The van der Waals surface area contributed by atoms with Gasteiger partial charge in [0, 0.05) is 32.6 Å². The van der Waals surface area contributed by atoms with Crippen molar-refractivity contribution >= 4 is 17.8 Å². The lowest BCUT2D eigenvalue weighted by atomic mass is 10.1. The highest BCUT2D eigenvalue weighted by molar-refractivity contribution is 5.45. The summed E-state index contributed by atoms with van der Waals surface area (Å²) in [5, 5.41) is 6.78. The fraction of sp³-hybridized carbons (Fsp3) is 0.455. The molecule has 31 heavy (non-hydrogen) atoms. The van der Waals surface area contributed by atoms with E-state index in [9.17, 15) is 0 Å². The molecular weight excluding hydrogens is 390 g/mol. The van der Waals surface area contributed by atoms with Crippen LogP contribution < -0.4 is 15.5 Å². The second-order valence-corrected chi connectivity index (χ2v) is 8.10. The van der Waals surface area contributed by atoms with Crippen LogP contribution in [0.4, 0.5) is 17.8 Å². The molecule has 2 aromatic heterocycles. The fourth-order valence-corrected chi connectivity index (χ4v) is 4.16. The molecule has 3 N–H and O–H groups in total. The van der Waals surface area contributed by atoms with E-state index in [0.29, 0.717) is 24.4 Å². The summed E-state index contributed by atoms with van der Waals surface area (Å²) < 4.78 is 0. The zero-order valence-electron chi connectivity index (χ0n) is 17.7. The first-order valence-electron chi connectivity index (χ1n) is 11.1. The van der Waals surface area contributed by atoms with Gasteiger partial charge in [-0.1, -0.05) is 30.3 Å². The zero-order chi connectivity index (χ0) is 20.9. The van der Waals surface area contributed by atoms with E-state index in [4.69, 9.17) is 9.97 Å². The van der Waals surface area contributed by atoms with Crippen molar-refractivity contribution in [2.45, 2.75) is 32.4 Å². The normalized spacial score (nSPS) is 16.3. The number of imidazole rings is 1. The molecule has 3 aromatic rings. The maximum Gasteiger partial charge on any atom is 0.232 e. The second kappa shape index (κ2) is 9.30. The molecule has 2 aliphatic heterocycles. The highest BCUT2D eigenvalue weighted by Crippen LogP contribution is 2.21. The largest absolute Gasteiger partial charge is 0.353 e. The Morgan fingerprint density at radius 2 is 1.74 bits per heavy atom. The van der Waals surface area contributed by atoms with Gasteiger partial charge in [0.15, 0.2) is 0 Å². The van der Waals surface area contributed by atoms with Gasteiger partial charge in [0.05, 0.1) is 24.3 Å². The summed E-state index contributed by atoms with van der Waals surface area (Å²) in [5.74, 6) is 1.90. The van der Waals surface area contributed by atoms with E-state index >= 15 is 0 Å². The highest BCUT2D eigenvalue weighted by Gasteiger charge is 2.22. The Bertz CT molecular complexity index is 982. The Hall–Kier alpha value is -3.20. The van der Waals surface area contributed by atoms with Gasteiger partial charge >= 0.3 is 0 Å². The first-order chi connectivity index (χ1) is 15.3. The Balaban J connectivity index is 1.31. The first-order valence-corrected chi connectivity index (χ1v) is 11.1. The molecule has 9 heteroatoms. The molecule has 162 valence electrons. The van der Waals surface area contributed by atoms with Crippen molar-refractivity contribution in [3.8, 4) is 0 Å². The number of aromatic nitrogens is 5. The van der Waals surface area contributed by atoms with Gasteiger partial charge in [-0.3, -0.25) is 0 Å². The lowest BCUT2D eigenvalue weighted by Gasteiger charge is -2.26. The van der Waals surface area contributed by atoms with E-state index in [0.717, 1.165) is 44.0 Å². The van der Waals surface area contributed by atoms with Crippen molar-refractivity contribution in [3.05, 3.63) is 53.6 Å². The van der Waals surface area contributed by atoms with Crippen molar-refractivity contribution in [1.29, 1.82) is 0 Å². The number of H-pyrrole nitrogens is 1. The summed E-state index contributed by atoms with van der Waals surface area (Å²) >= 11 is 0. The average Bonchev–Trinajstić information content (AvgIpc) is 3.50. The SMILES string of the molecule is c1ccc(CNc2nc(NCCN3CCCC3)nc(N3CCc4nc[nH]c4C3)n2)cc1. The van der Waals surface area contributed by atoms with E-state index in [1.54, 1.807) is 6.33 Å². The number of nitrogens with one attached hydrogen (secondary N) is 3. The smallest absolute Gasteiger partial charge is 0.232 e. The van der Waals surface area contributed by atoms with Crippen LogP contribution in [0.3, 0.4) is 0 Å². The molecule has 0 unspecified atom stereocenters. The number of hydrogen-bond acceptors (Lipinski definition) is 8. The molecular formula is C22H29N9. The summed E-state index contributed by atoms with van der Waals surface area (Å²) in [7, 11) is 0. The lowest BCUT2D eigenvalue weighted by molar-refractivity contribution is 0.352. The molecule has 0 atom stereocenters. The third-order valence-corrected chi connectivity index (χ3v) is 5.88. The third-order valence-electron chi connectivity index (χ3n) is 5.88. The fourth-order valence-electron chi connectivity index (χ4n) is 4.16. The minimum Gasteiger partial charge on any atom is -0.353 e. The van der Waals surface area contributed by atoms with Crippen molar-refractivity contribution in [2.24, 2.45) is 0 Å². The second-order valence-electron chi connectivity index (χ2n) is 8.10. The van der Waals surface area contributed by atoms with E-state index in [1.165, 1.54) is 31.5 Å². The predicted molar refractivity (Wildman–Crippen MR) is 121 cm³/mol. The van der Waals surface area contributed by atoms with Crippen LogP contribution in [0, 0.1) is 0 Å². The van der Waals surface area contributed by atoms with E-state index < -0.39 is 0 Å². The van der Waals surface area contributed by atoms with Gasteiger partial charge in [0.2, 0.25) is 17.8 Å². The molecule has 0 saturated carbocycles. The molecule has 0 amide bonds. The van der Waals surface area contributed by atoms with Crippen LogP contribution in [0.25, 0.3) is 0 Å². The van der Waals surface area contributed by atoms with Crippen molar-refractivity contribution in [1.82, 2.24) is 29.8 Å². The standard InChI is InChI=1S/C22H29N9/c1-2-6-17(7-3-1)14-24-21-27-20(23-9-13-30-10-4-5-11-30)28-22(29-21)31-12-8-18-19(15-31)26-16-25-18/h1-3,6-7,16H,4-5,8-15H2,(H,25,26)(H2,23,24,27,28,29). The Morgan fingerprint density at radius 3 is 2.58 bits per heavy atom. The van der Waals surface area contributed by atoms with Gasteiger partial charge in [-0.25, -0.2) is 4.98 Å². The summed E-state index contributed by atoms with van der Waals surface area (Å²) in [6.45, 7) is 6.45. The number of likely N-dealkylation sites (tertiary alicyclic amines) is 1. The molecule has 0 spiro atoms. The predicted octanol–water partition coefficient (Wildman–Crippen LogP) is 2.28. The summed E-state index contributed by atoms with van der Waals surface area (Å²) in [5.41, 5.74) is 3.46. The van der Waals surface area contributed by atoms with E-state index in [1.807, 2.05) is 18.2 Å². The van der Waals surface area contributed by atoms with Crippen LogP contribution in [0.2, 0.25) is 0 Å². The molecule has 0 bridgehead atoms. The number of fused-ring (bicyclic) bond motifs is 1. The molecule has 1 fully saturated rings. The van der Waals surface area contributed by atoms with Gasteiger partial charge in [-0.15, -0.1) is 0 Å². The van der Waals surface area contributed by atoms with Gasteiger partial charge < -0.3 is 25.4 Å². The minimum absolute atomic E-state index is 0.591. The zero-order valence-corrected chi connectivity index (χ0v) is 17.7. The van der Waals surface area contributed by atoms with Crippen LogP contribution >= 0.6 is 0 Å². The topological polar surface area (TPSA) is 97.9 Å². The number of aromatic amines is 1. The molecule has 1 saturated heterocycles. The third kappa shape index (κ3) is 4.93. The molecule has 0 aliphatic carbocycles. The van der Waals surface area contributed by atoms with Crippen LogP contribution in [0.1, 0.15) is 29.8 Å². The molecule has 2 aliphatic rings. The van der Waals surface area contributed by atoms with Gasteiger partial charge in [-0.2, -0.15) is 15.0 Å².